The van der Waals surface area contributed by atoms with Crippen molar-refractivity contribution < 1.29 is 30.6 Å². The van der Waals surface area contributed by atoms with Gasteiger partial charge < -0.3 is 4.74 Å². The first-order chi connectivity index (χ1) is 13.5. The van der Waals surface area contributed by atoms with Gasteiger partial charge in [0.25, 0.3) is 10.1 Å². The highest BCUT2D eigenvalue weighted by Crippen LogP contribution is 2.19. The zero-order valence-electron chi connectivity index (χ0n) is 16.5. The zero-order chi connectivity index (χ0) is 21.7. The lowest BCUT2D eigenvalue weighted by Gasteiger charge is -2.17. The molecule has 0 aliphatic heterocycles. The minimum absolute atomic E-state index is 0.0580. The van der Waals surface area contributed by atoms with Crippen molar-refractivity contribution in [3.8, 4) is 0 Å². The summed E-state index contributed by atoms with van der Waals surface area (Å²) in [7, 11) is -7.80. The average molecular weight is 441 g/mol. The Balaban J connectivity index is 2.16. The molecule has 9 heteroatoms. The molecule has 0 saturated carbocycles. The predicted octanol–water partition coefficient (Wildman–Crippen LogP) is 2.80. The van der Waals surface area contributed by atoms with E-state index in [1.165, 1.54) is 31.2 Å². The van der Waals surface area contributed by atoms with Gasteiger partial charge in [0.05, 0.1) is 15.5 Å². The van der Waals surface area contributed by atoms with E-state index in [0.717, 1.165) is 11.1 Å². The quantitative estimate of drug-likeness (QED) is 0.436. The van der Waals surface area contributed by atoms with E-state index in [-0.39, 0.29) is 28.6 Å². The summed E-state index contributed by atoms with van der Waals surface area (Å²) in [6.45, 7) is 4.46. The third-order valence-electron chi connectivity index (χ3n) is 4.13. The molecule has 0 bridgehead atoms. The number of carbonyl (C=O) groups is 1. The maximum atomic E-state index is 12.5. The Kier molecular flexibility index (Phi) is 7.56. The van der Waals surface area contributed by atoms with E-state index in [0.29, 0.717) is 0 Å². The molecule has 29 heavy (non-hydrogen) atoms. The molecule has 2 aromatic rings. The van der Waals surface area contributed by atoms with Crippen molar-refractivity contribution in [3.05, 3.63) is 59.7 Å². The van der Waals surface area contributed by atoms with Crippen molar-refractivity contribution in [3.63, 3.8) is 0 Å². The summed E-state index contributed by atoms with van der Waals surface area (Å²) in [5.74, 6) is -0.974. The Bertz CT molecular complexity index is 1040. The Morgan fingerprint density at radius 3 is 1.83 bits per heavy atom. The van der Waals surface area contributed by atoms with E-state index in [2.05, 4.69) is 0 Å². The van der Waals surface area contributed by atoms with E-state index in [1.807, 2.05) is 13.8 Å². The summed E-state index contributed by atoms with van der Waals surface area (Å²) in [5.41, 5.74) is 1.80. The molecule has 0 aliphatic rings. The fourth-order valence-electron chi connectivity index (χ4n) is 2.46. The Hall–Kier alpha value is -2.23. The molecule has 0 N–H and O–H groups in total. The van der Waals surface area contributed by atoms with Crippen LogP contribution in [0.5, 0.6) is 0 Å². The first-order valence-corrected chi connectivity index (χ1v) is 12.0. The SMILES string of the molecule is CC(=O)OCC(CCS(=O)(=O)c1ccc(C)cc1)OS(=O)(=O)c1ccc(C)cc1. The lowest BCUT2D eigenvalue weighted by molar-refractivity contribution is -0.143. The van der Waals surface area contributed by atoms with Crippen molar-refractivity contribution in [2.75, 3.05) is 12.4 Å². The van der Waals surface area contributed by atoms with Gasteiger partial charge >= 0.3 is 5.97 Å². The third kappa shape index (κ3) is 6.95. The van der Waals surface area contributed by atoms with E-state index in [4.69, 9.17) is 8.92 Å². The van der Waals surface area contributed by atoms with Crippen LogP contribution < -0.4 is 0 Å². The van der Waals surface area contributed by atoms with Gasteiger partial charge in [0.1, 0.15) is 12.7 Å². The van der Waals surface area contributed by atoms with Crippen molar-refractivity contribution in [1.29, 1.82) is 0 Å². The van der Waals surface area contributed by atoms with Crippen LogP contribution in [-0.2, 0) is 33.7 Å². The summed E-state index contributed by atoms with van der Waals surface area (Å²) in [6.07, 6.45) is -1.29. The number of rotatable bonds is 9. The van der Waals surface area contributed by atoms with Crippen LogP contribution in [0.2, 0.25) is 0 Å². The molecule has 1 unspecified atom stereocenters. The van der Waals surface area contributed by atoms with Gasteiger partial charge in [-0.2, -0.15) is 8.42 Å². The number of benzene rings is 2. The van der Waals surface area contributed by atoms with Crippen molar-refractivity contribution in [1.82, 2.24) is 0 Å². The van der Waals surface area contributed by atoms with Gasteiger partial charge in [-0.3, -0.25) is 8.98 Å². The van der Waals surface area contributed by atoms with Crippen molar-refractivity contribution in [2.24, 2.45) is 0 Å². The van der Waals surface area contributed by atoms with Crippen molar-refractivity contribution >= 4 is 25.9 Å². The molecule has 2 aromatic carbocycles. The molecule has 0 heterocycles. The summed E-state index contributed by atoms with van der Waals surface area (Å²) in [6, 6.07) is 12.4. The second kappa shape index (κ2) is 9.51. The van der Waals surface area contributed by atoms with Gasteiger partial charge in [-0.15, -0.1) is 0 Å². The molecule has 0 amide bonds. The highest BCUT2D eigenvalue weighted by Gasteiger charge is 2.25. The predicted molar refractivity (Wildman–Crippen MR) is 108 cm³/mol. The number of hydrogen-bond acceptors (Lipinski definition) is 7. The molecule has 1 atom stereocenters. The van der Waals surface area contributed by atoms with E-state index in [9.17, 15) is 21.6 Å². The normalized spacial score (nSPS) is 13.1. The second-order valence-electron chi connectivity index (χ2n) is 6.71. The van der Waals surface area contributed by atoms with Gasteiger partial charge in [-0.25, -0.2) is 8.42 Å². The standard InChI is InChI=1S/C20H24O7S2/c1-15-4-8-19(9-5-15)28(22,23)13-12-18(14-26-17(3)21)27-29(24,25)20-10-6-16(2)7-11-20/h4-11,18H,12-14H2,1-3H3. The van der Waals surface area contributed by atoms with Crippen molar-refractivity contribution in [2.45, 2.75) is 43.1 Å². The molecule has 158 valence electrons. The van der Waals surface area contributed by atoms with Crippen LogP contribution in [0.4, 0.5) is 0 Å². The number of sulfone groups is 1. The van der Waals surface area contributed by atoms with Crippen LogP contribution in [0.25, 0.3) is 0 Å². The average Bonchev–Trinajstić information content (AvgIpc) is 2.64. The Labute approximate surface area is 171 Å². The molecule has 0 aliphatic carbocycles. The molecule has 0 radical (unpaired) electrons. The van der Waals surface area contributed by atoms with E-state index < -0.39 is 32.0 Å². The fraction of sp³-hybridized carbons (Fsp3) is 0.350. The number of ether oxygens (including phenoxy) is 1. The minimum Gasteiger partial charge on any atom is -0.463 e. The topological polar surface area (TPSA) is 104 Å². The summed E-state index contributed by atoms with van der Waals surface area (Å²) >= 11 is 0. The maximum Gasteiger partial charge on any atom is 0.302 e. The monoisotopic (exact) mass is 440 g/mol. The largest absolute Gasteiger partial charge is 0.463 e. The smallest absolute Gasteiger partial charge is 0.302 e. The third-order valence-corrected chi connectivity index (χ3v) is 7.27. The zero-order valence-corrected chi connectivity index (χ0v) is 18.1. The van der Waals surface area contributed by atoms with Gasteiger partial charge in [-0.05, 0) is 44.5 Å². The molecule has 2 rings (SSSR count). The first kappa shape index (κ1) is 23.1. The molecule has 0 fully saturated rings. The van der Waals surface area contributed by atoms with Crippen LogP contribution in [0.1, 0.15) is 24.5 Å². The maximum absolute atomic E-state index is 12.5. The Morgan fingerprint density at radius 1 is 0.862 bits per heavy atom. The molecular weight excluding hydrogens is 416 g/mol. The first-order valence-electron chi connectivity index (χ1n) is 8.92. The fourth-order valence-corrected chi connectivity index (χ4v) is 4.91. The van der Waals surface area contributed by atoms with Gasteiger partial charge in [0.2, 0.25) is 0 Å². The number of aryl methyl sites for hydroxylation is 2. The van der Waals surface area contributed by atoms with Gasteiger partial charge in [0.15, 0.2) is 9.84 Å². The summed E-state index contributed by atoms with van der Waals surface area (Å²) < 4.78 is 60.2. The molecule has 0 spiro atoms. The molecular formula is C20H24O7S2. The molecule has 0 saturated heterocycles. The lowest BCUT2D eigenvalue weighted by atomic mass is 10.2. The van der Waals surface area contributed by atoms with Crippen LogP contribution in [-0.4, -0.2) is 41.3 Å². The second-order valence-corrected chi connectivity index (χ2v) is 10.4. The summed E-state index contributed by atoms with van der Waals surface area (Å²) in [5, 5.41) is 0. The van der Waals surface area contributed by atoms with Gasteiger partial charge in [0, 0.05) is 6.92 Å². The van der Waals surface area contributed by atoms with Crippen LogP contribution in [0.3, 0.4) is 0 Å². The van der Waals surface area contributed by atoms with Crippen LogP contribution in [0.15, 0.2) is 58.3 Å². The van der Waals surface area contributed by atoms with E-state index in [1.54, 1.807) is 24.3 Å². The highest BCUT2D eigenvalue weighted by atomic mass is 32.2. The molecule has 0 aromatic heterocycles. The number of hydrogen-bond donors (Lipinski definition) is 0. The lowest BCUT2D eigenvalue weighted by Crippen LogP contribution is -2.27. The highest BCUT2D eigenvalue weighted by molar-refractivity contribution is 7.91. The summed E-state index contributed by atoms with van der Waals surface area (Å²) in [4.78, 5) is 11.2. The molecule has 7 nitrogen and oxygen atoms in total. The van der Waals surface area contributed by atoms with Crippen LogP contribution >= 0.6 is 0 Å². The minimum atomic E-state index is -4.15. The van der Waals surface area contributed by atoms with Gasteiger partial charge in [-0.1, -0.05) is 35.4 Å². The van der Waals surface area contributed by atoms with Crippen LogP contribution in [0, 0.1) is 13.8 Å². The Morgan fingerprint density at radius 2 is 1.34 bits per heavy atom. The van der Waals surface area contributed by atoms with E-state index >= 15 is 0 Å². The number of esters is 1. The number of carbonyl (C=O) groups excluding carboxylic acids is 1.